The van der Waals surface area contributed by atoms with Crippen molar-refractivity contribution < 1.29 is 4.79 Å². The van der Waals surface area contributed by atoms with Crippen LogP contribution in [0.3, 0.4) is 0 Å². The molecule has 1 amide bonds. The number of benzene rings is 1. The number of aromatic amines is 1. The molecule has 0 fully saturated rings. The van der Waals surface area contributed by atoms with Crippen LogP contribution in [0, 0.1) is 0 Å². The van der Waals surface area contributed by atoms with E-state index >= 15 is 0 Å². The summed E-state index contributed by atoms with van der Waals surface area (Å²) < 4.78 is 0. The van der Waals surface area contributed by atoms with Gasteiger partial charge in [0, 0.05) is 42.1 Å². The van der Waals surface area contributed by atoms with Crippen LogP contribution in [0.5, 0.6) is 0 Å². The van der Waals surface area contributed by atoms with Crippen molar-refractivity contribution in [3.8, 4) is 0 Å². The number of anilines is 1. The minimum absolute atomic E-state index is 0.0526. The topological polar surface area (TPSA) is 57.8 Å². The second-order valence-corrected chi connectivity index (χ2v) is 5.11. The standard InChI is InChI=1S/C17H17N3O/c1-12(21)20-15-4-5-17-16(10-15)14(11-19-17)3-2-13-6-8-18-9-7-13/h4-11,19H,2-3H2,1H3,(H,20,21). The smallest absolute Gasteiger partial charge is 0.221 e. The Labute approximate surface area is 123 Å². The number of hydrogen-bond acceptors (Lipinski definition) is 2. The minimum Gasteiger partial charge on any atom is -0.361 e. The van der Waals surface area contributed by atoms with E-state index in [1.165, 1.54) is 18.1 Å². The van der Waals surface area contributed by atoms with Gasteiger partial charge in [0.25, 0.3) is 0 Å². The van der Waals surface area contributed by atoms with E-state index in [2.05, 4.69) is 15.3 Å². The normalized spacial score (nSPS) is 10.7. The van der Waals surface area contributed by atoms with Crippen molar-refractivity contribution in [1.29, 1.82) is 0 Å². The van der Waals surface area contributed by atoms with E-state index in [0.29, 0.717) is 0 Å². The minimum atomic E-state index is -0.0526. The lowest BCUT2D eigenvalue weighted by Crippen LogP contribution is -2.05. The van der Waals surface area contributed by atoms with E-state index < -0.39 is 0 Å². The highest BCUT2D eigenvalue weighted by Crippen LogP contribution is 2.23. The van der Waals surface area contributed by atoms with E-state index in [0.717, 1.165) is 29.4 Å². The Morgan fingerprint density at radius 1 is 1.19 bits per heavy atom. The van der Waals surface area contributed by atoms with E-state index in [-0.39, 0.29) is 5.91 Å². The van der Waals surface area contributed by atoms with Crippen LogP contribution >= 0.6 is 0 Å². The van der Waals surface area contributed by atoms with Gasteiger partial charge in [0.15, 0.2) is 0 Å². The predicted octanol–water partition coefficient (Wildman–Crippen LogP) is 3.31. The summed E-state index contributed by atoms with van der Waals surface area (Å²) in [5.41, 5.74) is 4.46. The van der Waals surface area contributed by atoms with Crippen LogP contribution < -0.4 is 5.32 Å². The van der Waals surface area contributed by atoms with Crippen LogP contribution in [-0.2, 0) is 17.6 Å². The molecule has 2 aromatic heterocycles. The molecule has 0 aliphatic heterocycles. The van der Waals surface area contributed by atoms with Crippen LogP contribution in [0.4, 0.5) is 5.69 Å². The molecule has 0 saturated heterocycles. The molecule has 0 atom stereocenters. The highest BCUT2D eigenvalue weighted by Gasteiger charge is 2.06. The van der Waals surface area contributed by atoms with Gasteiger partial charge in [-0.25, -0.2) is 0 Å². The average molecular weight is 279 g/mol. The summed E-state index contributed by atoms with van der Waals surface area (Å²) in [5.74, 6) is -0.0526. The number of nitrogens with one attached hydrogen (secondary N) is 2. The Bertz CT molecular complexity index is 762. The van der Waals surface area contributed by atoms with Gasteiger partial charge in [0.2, 0.25) is 5.91 Å². The lowest BCUT2D eigenvalue weighted by atomic mass is 10.0. The summed E-state index contributed by atoms with van der Waals surface area (Å²) >= 11 is 0. The van der Waals surface area contributed by atoms with Gasteiger partial charge in [-0.2, -0.15) is 0 Å². The lowest BCUT2D eigenvalue weighted by molar-refractivity contribution is -0.114. The van der Waals surface area contributed by atoms with Crippen molar-refractivity contribution in [3.05, 3.63) is 60.0 Å². The summed E-state index contributed by atoms with van der Waals surface area (Å²) in [4.78, 5) is 18.5. The average Bonchev–Trinajstić information content (AvgIpc) is 2.88. The van der Waals surface area contributed by atoms with E-state index in [9.17, 15) is 4.79 Å². The summed E-state index contributed by atoms with van der Waals surface area (Å²) in [7, 11) is 0. The van der Waals surface area contributed by atoms with E-state index in [1.54, 1.807) is 0 Å². The Morgan fingerprint density at radius 3 is 2.76 bits per heavy atom. The molecule has 0 aliphatic carbocycles. The Morgan fingerprint density at radius 2 is 2.00 bits per heavy atom. The molecule has 4 heteroatoms. The maximum absolute atomic E-state index is 11.2. The molecule has 0 spiro atoms. The van der Waals surface area contributed by atoms with Gasteiger partial charge in [-0.05, 0) is 54.3 Å². The van der Waals surface area contributed by atoms with Gasteiger partial charge in [-0.15, -0.1) is 0 Å². The number of carbonyl (C=O) groups is 1. The molecule has 4 nitrogen and oxygen atoms in total. The Hall–Kier alpha value is -2.62. The van der Waals surface area contributed by atoms with Crippen LogP contribution in [0.1, 0.15) is 18.1 Å². The molecule has 2 N–H and O–H groups in total. The number of rotatable bonds is 4. The molecule has 3 aromatic rings. The molecule has 106 valence electrons. The predicted molar refractivity (Wildman–Crippen MR) is 84.2 cm³/mol. The maximum Gasteiger partial charge on any atom is 0.221 e. The number of aryl methyl sites for hydroxylation is 2. The number of hydrogen-bond donors (Lipinski definition) is 2. The first-order chi connectivity index (χ1) is 10.2. The molecule has 0 unspecified atom stereocenters. The maximum atomic E-state index is 11.2. The van der Waals surface area contributed by atoms with Crippen LogP contribution in [0.25, 0.3) is 10.9 Å². The van der Waals surface area contributed by atoms with Crippen LogP contribution in [0.2, 0.25) is 0 Å². The first-order valence-corrected chi connectivity index (χ1v) is 6.99. The summed E-state index contributed by atoms with van der Waals surface area (Å²) in [6.45, 7) is 1.52. The fourth-order valence-electron chi connectivity index (χ4n) is 2.49. The fraction of sp³-hybridized carbons (Fsp3) is 0.176. The van der Waals surface area contributed by atoms with E-state index in [1.807, 2.05) is 48.9 Å². The number of pyridine rings is 1. The van der Waals surface area contributed by atoms with Crippen molar-refractivity contribution in [2.45, 2.75) is 19.8 Å². The quantitative estimate of drug-likeness (QED) is 0.769. The van der Waals surface area contributed by atoms with Gasteiger partial charge in [0.1, 0.15) is 0 Å². The molecule has 3 rings (SSSR count). The van der Waals surface area contributed by atoms with Gasteiger partial charge >= 0.3 is 0 Å². The third kappa shape index (κ3) is 3.11. The molecule has 0 aliphatic rings. The first kappa shape index (κ1) is 13.4. The molecule has 21 heavy (non-hydrogen) atoms. The monoisotopic (exact) mass is 279 g/mol. The SMILES string of the molecule is CC(=O)Nc1ccc2[nH]cc(CCc3ccncc3)c2c1. The number of amides is 1. The number of aromatic nitrogens is 2. The summed E-state index contributed by atoms with van der Waals surface area (Å²) in [6.07, 6.45) is 7.61. The first-order valence-electron chi connectivity index (χ1n) is 6.99. The fourth-order valence-corrected chi connectivity index (χ4v) is 2.49. The van der Waals surface area contributed by atoms with Gasteiger partial charge in [-0.3, -0.25) is 9.78 Å². The third-order valence-corrected chi connectivity index (χ3v) is 3.52. The Kier molecular flexibility index (Phi) is 3.69. The zero-order valence-electron chi connectivity index (χ0n) is 11.9. The van der Waals surface area contributed by atoms with Crippen molar-refractivity contribution >= 4 is 22.5 Å². The molecule has 2 heterocycles. The van der Waals surface area contributed by atoms with Crippen molar-refractivity contribution in [1.82, 2.24) is 9.97 Å². The highest BCUT2D eigenvalue weighted by atomic mass is 16.1. The third-order valence-electron chi connectivity index (χ3n) is 3.52. The van der Waals surface area contributed by atoms with Crippen LogP contribution in [-0.4, -0.2) is 15.9 Å². The van der Waals surface area contributed by atoms with Crippen molar-refractivity contribution in [2.24, 2.45) is 0 Å². The Balaban J connectivity index is 1.83. The zero-order valence-corrected chi connectivity index (χ0v) is 11.9. The van der Waals surface area contributed by atoms with Gasteiger partial charge < -0.3 is 10.3 Å². The molecular weight excluding hydrogens is 262 g/mol. The molecule has 0 radical (unpaired) electrons. The largest absolute Gasteiger partial charge is 0.361 e. The van der Waals surface area contributed by atoms with E-state index in [4.69, 9.17) is 0 Å². The molecule has 0 bridgehead atoms. The second-order valence-electron chi connectivity index (χ2n) is 5.11. The second kappa shape index (κ2) is 5.79. The van der Waals surface area contributed by atoms with Crippen LogP contribution in [0.15, 0.2) is 48.9 Å². The summed E-state index contributed by atoms with van der Waals surface area (Å²) in [6, 6.07) is 10.0. The van der Waals surface area contributed by atoms with Gasteiger partial charge in [0.05, 0.1) is 0 Å². The number of carbonyl (C=O) groups excluding carboxylic acids is 1. The lowest BCUT2D eigenvalue weighted by Gasteiger charge is -2.04. The number of H-pyrrole nitrogens is 1. The highest BCUT2D eigenvalue weighted by molar-refractivity contribution is 5.93. The number of nitrogens with zero attached hydrogens (tertiary/aromatic N) is 1. The zero-order chi connectivity index (χ0) is 14.7. The van der Waals surface area contributed by atoms with Crippen molar-refractivity contribution in [3.63, 3.8) is 0 Å². The molecular formula is C17H17N3O. The molecule has 0 saturated carbocycles. The van der Waals surface area contributed by atoms with Gasteiger partial charge in [-0.1, -0.05) is 0 Å². The number of fused-ring (bicyclic) bond motifs is 1. The van der Waals surface area contributed by atoms with Crippen molar-refractivity contribution in [2.75, 3.05) is 5.32 Å². The summed E-state index contributed by atoms with van der Waals surface area (Å²) in [5, 5.41) is 3.99. The molecule has 1 aromatic carbocycles.